The monoisotopic (exact) mass is 317 g/mol. The molecule has 1 amide bonds. The minimum Gasteiger partial charge on any atom is -0.497 e. The number of hydrogen-bond acceptors (Lipinski definition) is 4. The zero-order valence-corrected chi connectivity index (χ0v) is 13.2. The van der Waals surface area contributed by atoms with Crippen LogP contribution in [0.5, 0.6) is 5.75 Å². The molecule has 2 unspecified atom stereocenters. The fourth-order valence-electron chi connectivity index (χ4n) is 1.94. The predicted octanol–water partition coefficient (Wildman–Crippen LogP) is 1.72. The number of nitrogens with zero attached hydrogens (tertiary/aromatic N) is 2. The van der Waals surface area contributed by atoms with Crippen LogP contribution >= 0.6 is 0 Å². The highest BCUT2D eigenvalue weighted by Crippen LogP contribution is 2.14. The summed E-state index contributed by atoms with van der Waals surface area (Å²) in [6, 6.07) is 8.33. The maximum Gasteiger partial charge on any atom is 0.308 e. The van der Waals surface area contributed by atoms with Crippen LogP contribution in [0.2, 0.25) is 0 Å². The number of benzene rings is 1. The van der Waals surface area contributed by atoms with Crippen LogP contribution in [0.4, 0.5) is 0 Å². The Morgan fingerprint density at radius 3 is 2.43 bits per heavy atom. The van der Waals surface area contributed by atoms with Crippen molar-refractivity contribution in [2.75, 3.05) is 7.11 Å². The summed E-state index contributed by atoms with van der Waals surface area (Å²) in [5.74, 6) is -1.31. The molecule has 1 aromatic carbocycles. The van der Waals surface area contributed by atoms with E-state index in [4.69, 9.17) is 9.84 Å². The Balaban J connectivity index is 2.08. The van der Waals surface area contributed by atoms with E-state index >= 15 is 0 Å². The first-order chi connectivity index (χ1) is 10.9. The van der Waals surface area contributed by atoms with E-state index in [1.54, 1.807) is 50.0 Å². The number of amides is 1. The smallest absolute Gasteiger partial charge is 0.308 e. The van der Waals surface area contributed by atoms with Gasteiger partial charge in [0.2, 0.25) is 0 Å². The lowest BCUT2D eigenvalue weighted by Crippen LogP contribution is -2.40. The second-order valence-electron chi connectivity index (χ2n) is 5.23. The number of carbonyl (C=O) groups is 2. The molecule has 1 aromatic heterocycles. The van der Waals surface area contributed by atoms with Gasteiger partial charge in [-0.1, -0.05) is 0 Å². The van der Waals surface area contributed by atoms with Gasteiger partial charge in [-0.25, -0.2) is 4.68 Å². The van der Waals surface area contributed by atoms with Gasteiger partial charge in [-0.15, -0.1) is 0 Å². The number of nitrogens with one attached hydrogen (secondary N) is 1. The number of ether oxygens (including phenoxy) is 1. The topological polar surface area (TPSA) is 93.5 Å². The third-order valence-corrected chi connectivity index (χ3v) is 3.66. The summed E-state index contributed by atoms with van der Waals surface area (Å²) in [7, 11) is 1.59. The molecule has 0 aliphatic carbocycles. The van der Waals surface area contributed by atoms with Gasteiger partial charge in [-0.2, -0.15) is 5.10 Å². The Hall–Kier alpha value is -2.83. The number of aromatic nitrogens is 2. The highest BCUT2D eigenvalue weighted by Gasteiger charge is 2.22. The molecule has 0 spiro atoms. The summed E-state index contributed by atoms with van der Waals surface area (Å²) in [5.41, 5.74) is 1.02. The van der Waals surface area contributed by atoms with Crippen molar-refractivity contribution in [2.24, 2.45) is 5.92 Å². The Morgan fingerprint density at radius 1 is 1.22 bits per heavy atom. The van der Waals surface area contributed by atoms with Crippen LogP contribution in [0.25, 0.3) is 5.69 Å². The minimum atomic E-state index is -0.957. The summed E-state index contributed by atoms with van der Waals surface area (Å²) in [5, 5.41) is 15.8. The molecule has 0 aliphatic rings. The molecule has 0 radical (unpaired) electrons. The molecule has 1 heterocycles. The Morgan fingerprint density at radius 2 is 1.87 bits per heavy atom. The SMILES string of the molecule is COc1ccc(-n2ccc(C(=O)NC(C)C(C)C(=O)O)n2)cc1. The van der Waals surface area contributed by atoms with Crippen molar-refractivity contribution in [3.63, 3.8) is 0 Å². The van der Waals surface area contributed by atoms with Crippen molar-refractivity contribution in [1.29, 1.82) is 0 Å². The Labute approximate surface area is 133 Å². The van der Waals surface area contributed by atoms with Crippen molar-refractivity contribution >= 4 is 11.9 Å². The maximum absolute atomic E-state index is 12.1. The van der Waals surface area contributed by atoms with Crippen LogP contribution in [0, 0.1) is 5.92 Å². The van der Waals surface area contributed by atoms with Gasteiger partial charge in [-0.3, -0.25) is 9.59 Å². The maximum atomic E-state index is 12.1. The van der Waals surface area contributed by atoms with E-state index in [-0.39, 0.29) is 5.69 Å². The molecule has 0 saturated heterocycles. The van der Waals surface area contributed by atoms with Crippen LogP contribution in [0.15, 0.2) is 36.5 Å². The van der Waals surface area contributed by atoms with Gasteiger partial charge in [0.25, 0.3) is 5.91 Å². The quantitative estimate of drug-likeness (QED) is 0.846. The number of aliphatic carboxylic acids is 1. The average molecular weight is 317 g/mol. The van der Waals surface area contributed by atoms with Crippen LogP contribution in [0.1, 0.15) is 24.3 Å². The van der Waals surface area contributed by atoms with E-state index in [1.165, 1.54) is 0 Å². The van der Waals surface area contributed by atoms with Crippen LogP contribution in [-0.4, -0.2) is 39.9 Å². The van der Waals surface area contributed by atoms with Crippen molar-refractivity contribution in [1.82, 2.24) is 15.1 Å². The molecule has 2 N–H and O–H groups in total. The first kappa shape index (κ1) is 16.5. The average Bonchev–Trinajstić information content (AvgIpc) is 3.04. The fourth-order valence-corrected chi connectivity index (χ4v) is 1.94. The summed E-state index contributed by atoms with van der Waals surface area (Å²) in [6.07, 6.45) is 1.67. The molecule has 7 heteroatoms. The fraction of sp³-hybridized carbons (Fsp3) is 0.312. The molecule has 0 saturated carbocycles. The highest BCUT2D eigenvalue weighted by molar-refractivity contribution is 5.92. The number of carboxylic acids is 1. The molecule has 7 nitrogen and oxygen atoms in total. The lowest BCUT2D eigenvalue weighted by molar-refractivity contribution is -0.141. The van der Waals surface area contributed by atoms with E-state index in [1.807, 2.05) is 12.1 Å². The van der Waals surface area contributed by atoms with Gasteiger partial charge in [0, 0.05) is 12.2 Å². The lowest BCUT2D eigenvalue weighted by atomic mass is 10.0. The molecule has 2 atom stereocenters. The molecular weight excluding hydrogens is 298 g/mol. The van der Waals surface area contributed by atoms with Crippen LogP contribution < -0.4 is 10.1 Å². The number of rotatable bonds is 6. The van der Waals surface area contributed by atoms with Crippen LogP contribution in [0.3, 0.4) is 0 Å². The number of carbonyl (C=O) groups excluding carboxylic acids is 1. The van der Waals surface area contributed by atoms with Gasteiger partial charge in [0.1, 0.15) is 5.75 Å². The van der Waals surface area contributed by atoms with E-state index < -0.39 is 23.8 Å². The number of carboxylic acid groups (broad SMARTS) is 1. The van der Waals surface area contributed by atoms with Crippen molar-refractivity contribution in [3.05, 3.63) is 42.2 Å². The summed E-state index contributed by atoms with van der Waals surface area (Å²) < 4.78 is 6.66. The van der Waals surface area contributed by atoms with Crippen molar-refractivity contribution in [3.8, 4) is 11.4 Å². The van der Waals surface area contributed by atoms with Gasteiger partial charge in [0.05, 0.1) is 18.7 Å². The minimum absolute atomic E-state index is 0.227. The molecule has 122 valence electrons. The van der Waals surface area contributed by atoms with E-state index in [0.29, 0.717) is 0 Å². The van der Waals surface area contributed by atoms with Gasteiger partial charge in [-0.05, 0) is 44.2 Å². The zero-order valence-electron chi connectivity index (χ0n) is 13.2. The van der Waals surface area contributed by atoms with Gasteiger partial charge in [0.15, 0.2) is 5.69 Å². The van der Waals surface area contributed by atoms with Gasteiger partial charge >= 0.3 is 5.97 Å². The molecule has 0 aliphatic heterocycles. The molecule has 0 fully saturated rings. The molecular formula is C16H19N3O4. The molecule has 0 bridgehead atoms. The number of hydrogen-bond donors (Lipinski definition) is 2. The van der Waals surface area contributed by atoms with E-state index in [9.17, 15) is 9.59 Å². The zero-order chi connectivity index (χ0) is 17.0. The van der Waals surface area contributed by atoms with E-state index in [2.05, 4.69) is 10.4 Å². The highest BCUT2D eigenvalue weighted by atomic mass is 16.5. The normalized spacial score (nSPS) is 13.2. The molecule has 2 rings (SSSR count). The lowest BCUT2D eigenvalue weighted by Gasteiger charge is -2.16. The van der Waals surface area contributed by atoms with Crippen LogP contribution in [-0.2, 0) is 4.79 Å². The second-order valence-corrected chi connectivity index (χ2v) is 5.23. The standard InChI is InChI=1S/C16H19N3O4/c1-10(16(21)22)11(2)17-15(20)14-8-9-19(18-14)12-4-6-13(23-3)7-5-12/h4-11H,1-3H3,(H,17,20)(H,21,22). The van der Waals surface area contributed by atoms with Crippen molar-refractivity contribution in [2.45, 2.75) is 19.9 Å². The first-order valence-corrected chi connectivity index (χ1v) is 7.16. The second kappa shape index (κ2) is 6.95. The number of methoxy groups -OCH3 is 1. The molecule has 2 aromatic rings. The third-order valence-electron chi connectivity index (χ3n) is 3.66. The largest absolute Gasteiger partial charge is 0.497 e. The summed E-state index contributed by atoms with van der Waals surface area (Å²) >= 11 is 0. The Bertz CT molecular complexity index is 694. The third kappa shape index (κ3) is 3.88. The molecule has 23 heavy (non-hydrogen) atoms. The van der Waals surface area contributed by atoms with E-state index in [0.717, 1.165) is 11.4 Å². The Kier molecular flexibility index (Phi) is 5.00. The first-order valence-electron chi connectivity index (χ1n) is 7.16. The summed E-state index contributed by atoms with van der Waals surface area (Å²) in [4.78, 5) is 23.0. The van der Waals surface area contributed by atoms with Gasteiger partial charge < -0.3 is 15.2 Å². The summed E-state index contributed by atoms with van der Waals surface area (Å²) in [6.45, 7) is 3.19. The van der Waals surface area contributed by atoms with Crippen molar-refractivity contribution < 1.29 is 19.4 Å². The predicted molar refractivity (Wildman–Crippen MR) is 83.8 cm³/mol.